The second-order valence-corrected chi connectivity index (χ2v) is 5.85. The summed E-state index contributed by atoms with van der Waals surface area (Å²) in [5.41, 5.74) is 3.63. The molecule has 0 saturated heterocycles. The van der Waals surface area contributed by atoms with Gasteiger partial charge in [-0.2, -0.15) is 0 Å². The van der Waals surface area contributed by atoms with Crippen molar-refractivity contribution in [3.05, 3.63) is 36.1 Å². The Morgan fingerprint density at radius 2 is 1.95 bits per heavy atom. The van der Waals surface area contributed by atoms with Crippen molar-refractivity contribution in [2.45, 2.75) is 32.9 Å². The Morgan fingerprint density at radius 3 is 2.47 bits per heavy atom. The lowest BCUT2D eigenvalue weighted by atomic mass is 9.84. The lowest BCUT2D eigenvalue weighted by Gasteiger charge is -2.34. The summed E-state index contributed by atoms with van der Waals surface area (Å²) >= 11 is 0. The van der Waals surface area contributed by atoms with E-state index in [0.29, 0.717) is 0 Å². The number of hydrogen-bond donors (Lipinski definition) is 2. The molecule has 104 valence electrons. The fraction of sp³-hybridized carbons (Fsp3) is 0.467. The van der Waals surface area contributed by atoms with Crippen LogP contribution in [-0.4, -0.2) is 13.2 Å². The molecule has 1 aromatic heterocycles. The summed E-state index contributed by atoms with van der Waals surface area (Å²) in [6.07, 6.45) is -0.0851. The molecule has 0 aliphatic carbocycles. The number of hydrazine groups is 1. The molecule has 0 aliphatic heterocycles. The number of methoxy groups -OCH3 is 1. The van der Waals surface area contributed by atoms with E-state index in [4.69, 9.17) is 15.0 Å². The van der Waals surface area contributed by atoms with Crippen molar-refractivity contribution < 1.29 is 9.15 Å². The van der Waals surface area contributed by atoms with Gasteiger partial charge in [-0.3, -0.25) is 5.84 Å². The Morgan fingerprint density at radius 1 is 1.26 bits per heavy atom. The highest BCUT2D eigenvalue weighted by Gasteiger charge is 2.34. The van der Waals surface area contributed by atoms with Gasteiger partial charge in [0.15, 0.2) is 0 Å². The highest BCUT2D eigenvalue weighted by molar-refractivity contribution is 5.77. The Bertz CT molecular complexity index is 509. The van der Waals surface area contributed by atoms with Crippen molar-refractivity contribution in [1.82, 2.24) is 5.43 Å². The number of ether oxygens (including phenoxy) is 1. The molecule has 0 bridgehead atoms. The van der Waals surface area contributed by atoms with Crippen LogP contribution in [0.4, 0.5) is 0 Å². The zero-order valence-electron chi connectivity index (χ0n) is 11.9. The molecule has 0 saturated carbocycles. The molecule has 0 fully saturated rings. The first-order valence-corrected chi connectivity index (χ1v) is 6.44. The SMILES string of the molecule is COC(C(NN)c1cc2ccccc2o1)C(C)(C)C. The topological polar surface area (TPSA) is 60.4 Å². The van der Waals surface area contributed by atoms with Gasteiger partial charge in [-0.05, 0) is 17.5 Å². The van der Waals surface area contributed by atoms with Gasteiger partial charge in [-0.15, -0.1) is 0 Å². The van der Waals surface area contributed by atoms with E-state index in [-0.39, 0.29) is 17.6 Å². The third-order valence-corrected chi connectivity index (χ3v) is 3.34. The monoisotopic (exact) mass is 262 g/mol. The number of nitrogens with one attached hydrogen (secondary N) is 1. The predicted molar refractivity (Wildman–Crippen MR) is 76.5 cm³/mol. The summed E-state index contributed by atoms with van der Waals surface area (Å²) in [5, 5.41) is 1.07. The minimum absolute atomic E-state index is 0.0508. The number of nitrogens with two attached hydrogens (primary N) is 1. The molecule has 4 heteroatoms. The molecule has 2 aromatic rings. The number of para-hydroxylation sites is 1. The van der Waals surface area contributed by atoms with E-state index in [2.05, 4.69) is 26.2 Å². The first-order valence-electron chi connectivity index (χ1n) is 6.44. The Balaban J connectivity index is 2.40. The van der Waals surface area contributed by atoms with Gasteiger partial charge in [0.05, 0.1) is 6.10 Å². The minimum Gasteiger partial charge on any atom is -0.459 e. The highest BCUT2D eigenvalue weighted by Crippen LogP contribution is 2.34. The second kappa shape index (κ2) is 5.33. The summed E-state index contributed by atoms with van der Waals surface area (Å²) in [5.74, 6) is 6.51. The average molecular weight is 262 g/mol. The summed E-state index contributed by atoms with van der Waals surface area (Å²) in [7, 11) is 1.70. The summed E-state index contributed by atoms with van der Waals surface area (Å²) in [4.78, 5) is 0. The van der Waals surface area contributed by atoms with E-state index in [0.717, 1.165) is 16.7 Å². The molecule has 1 heterocycles. The van der Waals surface area contributed by atoms with E-state index < -0.39 is 0 Å². The molecule has 3 N–H and O–H groups in total. The Labute approximate surface area is 113 Å². The van der Waals surface area contributed by atoms with Gasteiger partial charge >= 0.3 is 0 Å². The largest absolute Gasteiger partial charge is 0.459 e. The van der Waals surface area contributed by atoms with Crippen LogP contribution in [0, 0.1) is 5.41 Å². The first kappa shape index (κ1) is 14.1. The minimum atomic E-state index is -0.183. The van der Waals surface area contributed by atoms with Crippen molar-refractivity contribution in [2.75, 3.05) is 7.11 Å². The van der Waals surface area contributed by atoms with Gasteiger partial charge < -0.3 is 9.15 Å². The van der Waals surface area contributed by atoms with Crippen molar-refractivity contribution in [3.63, 3.8) is 0 Å². The van der Waals surface area contributed by atoms with Crippen LogP contribution in [0.25, 0.3) is 11.0 Å². The standard InChI is InChI=1S/C15H22N2O2/c1-15(2,3)14(18-4)13(17-16)12-9-10-7-5-6-8-11(10)19-12/h5-9,13-14,17H,16H2,1-4H3. The highest BCUT2D eigenvalue weighted by atomic mass is 16.5. The van der Waals surface area contributed by atoms with Gasteiger partial charge in [0.1, 0.15) is 17.4 Å². The van der Waals surface area contributed by atoms with Crippen molar-refractivity contribution in [3.8, 4) is 0 Å². The third kappa shape index (κ3) is 2.81. The van der Waals surface area contributed by atoms with Crippen LogP contribution in [0.1, 0.15) is 32.6 Å². The number of fused-ring (bicyclic) bond motifs is 1. The normalized spacial score (nSPS) is 15.6. The summed E-state index contributed by atoms with van der Waals surface area (Å²) in [6, 6.07) is 9.75. The van der Waals surface area contributed by atoms with Crippen LogP contribution in [0.15, 0.2) is 34.7 Å². The Hall–Kier alpha value is -1.36. The molecule has 19 heavy (non-hydrogen) atoms. The van der Waals surface area contributed by atoms with E-state index in [1.807, 2.05) is 30.3 Å². The number of furan rings is 1. The van der Waals surface area contributed by atoms with Crippen molar-refractivity contribution >= 4 is 11.0 Å². The lowest BCUT2D eigenvalue weighted by Crippen LogP contribution is -2.44. The van der Waals surface area contributed by atoms with Gasteiger partial charge in [0.25, 0.3) is 0 Å². The molecule has 2 atom stereocenters. The number of benzene rings is 1. The molecule has 1 aromatic carbocycles. The van der Waals surface area contributed by atoms with Gasteiger partial charge in [-0.1, -0.05) is 39.0 Å². The smallest absolute Gasteiger partial charge is 0.134 e. The van der Waals surface area contributed by atoms with Crippen molar-refractivity contribution in [2.24, 2.45) is 11.3 Å². The third-order valence-electron chi connectivity index (χ3n) is 3.34. The molecular formula is C15H22N2O2. The predicted octanol–water partition coefficient (Wildman–Crippen LogP) is 3.00. The van der Waals surface area contributed by atoms with Crippen LogP contribution in [0.3, 0.4) is 0 Å². The molecule has 2 rings (SSSR count). The number of hydrogen-bond acceptors (Lipinski definition) is 4. The lowest BCUT2D eigenvalue weighted by molar-refractivity contribution is -0.0167. The van der Waals surface area contributed by atoms with Gasteiger partial charge in [0, 0.05) is 12.5 Å². The number of rotatable bonds is 4. The molecule has 4 nitrogen and oxygen atoms in total. The van der Waals surface area contributed by atoms with Crippen LogP contribution >= 0.6 is 0 Å². The molecule has 0 spiro atoms. The maximum Gasteiger partial charge on any atom is 0.134 e. The fourth-order valence-corrected chi connectivity index (χ4v) is 2.46. The maximum absolute atomic E-state index is 5.88. The van der Waals surface area contributed by atoms with Crippen LogP contribution < -0.4 is 11.3 Å². The zero-order valence-corrected chi connectivity index (χ0v) is 11.9. The van der Waals surface area contributed by atoms with Gasteiger partial charge in [0.2, 0.25) is 0 Å². The second-order valence-electron chi connectivity index (χ2n) is 5.85. The van der Waals surface area contributed by atoms with Crippen molar-refractivity contribution in [1.29, 1.82) is 0 Å². The molecule has 2 unspecified atom stereocenters. The van der Waals surface area contributed by atoms with E-state index in [9.17, 15) is 0 Å². The van der Waals surface area contributed by atoms with Crippen LogP contribution in [0.5, 0.6) is 0 Å². The zero-order chi connectivity index (χ0) is 14.0. The molecule has 0 radical (unpaired) electrons. The molecule has 0 aliphatic rings. The van der Waals surface area contributed by atoms with Gasteiger partial charge in [-0.25, -0.2) is 5.43 Å². The van der Waals surface area contributed by atoms with E-state index >= 15 is 0 Å². The van der Waals surface area contributed by atoms with Crippen LogP contribution in [-0.2, 0) is 4.74 Å². The average Bonchev–Trinajstić information content (AvgIpc) is 2.77. The summed E-state index contributed by atoms with van der Waals surface area (Å²) < 4.78 is 11.5. The first-order chi connectivity index (χ1) is 8.97. The fourth-order valence-electron chi connectivity index (χ4n) is 2.46. The summed E-state index contributed by atoms with van der Waals surface area (Å²) in [6.45, 7) is 6.36. The van der Waals surface area contributed by atoms with E-state index in [1.54, 1.807) is 7.11 Å². The molecule has 0 amide bonds. The molecular weight excluding hydrogens is 240 g/mol. The maximum atomic E-state index is 5.88. The Kier molecular flexibility index (Phi) is 3.94. The van der Waals surface area contributed by atoms with Crippen LogP contribution in [0.2, 0.25) is 0 Å². The quantitative estimate of drug-likeness (QED) is 0.657. The van der Waals surface area contributed by atoms with E-state index in [1.165, 1.54) is 0 Å².